The molecule has 27 heavy (non-hydrogen) atoms. The average molecular weight is 362 g/mol. The summed E-state index contributed by atoms with van der Waals surface area (Å²) >= 11 is 0. The van der Waals surface area contributed by atoms with Gasteiger partial charge < -0.3 is 5.11 Å². The second-order valence-electron chi connectivity index (χ2n) is 6.44. The highest BCUT2D eigenvalue weighted by molar-refractivity contribution is 5.87. The number of carboxylic acid groups (broad SMARTS) is 1. The number of fused-ring (bicyclic) bond motifs is 2. The lowest BCUT2D eigenvalue weighted by molar-refractivity contribution is 0.0697. The monoisotopic (exact) mass is 362 g/mol. The largest absolute Gasteiger partial charge is 0.478 e. The quantitative estimate of drug-likeness (QED) is 0.571. The van der Waals surface area contributed by atoms with Gasteiger partial charge in [-0.3, -0.25) is 14.5 Å². The molecule has 0 amide bonds. The van der Waals surface area contributed by atoms with Crippen LogP contribution in [0.2, 0.25) is 0 Å². The topological polar surface area (TPSA) is 119 Å². The Morgan fingerprint density at radius 1 is 1.22 bits per heavy atom. The summed E-state index contributed by atoms with van der Waals surface area (Å²) < 4.78 is 2.95. The molecule has 1 aliphatic carbocycles. The number of aromatic amines is 1. The molecule has 0 spiro atoms. The molecule has 4 aromatic rings. The van der Waals surface area contributed by atoms with Crippen molar-refractivity contribution in [2.45, 2.75) is 18.9 Å². The summed E-state index contributed by atoms with van der Waals surface area (Å²) in [5.74, 6) is -0.955. The first-order valence-corrected chi connectivity index (χ1v) is 8.45. The van der Waals surface area contributed by atoms with Gasteiger partial charge in [-0.25, -0.2) is 14.5 Å². The van der Waals surface area contributed by atoms with Gasteiger partial charge in [0.1, 0.15) is 5.52 Å². The van der Waals surface area contributed by atoms with Gasteiger partial charge in [-0.1, -0.05) is 24.3 Å². The van der Waals surface area contributed by atoms with Crippen LogP contribution in [-0.2, 0) is 6.42 Å². The van der Waals surface area contributed by atoms with Crippen molar-refractivity contribution >= 4 is 17.0 Å². The van der Waals surface area contributed by atoms with Gasteiger partial charge in [-0.2, -0.15) is 10.2 Å². The van der Waals surface area contributed by atoms with Crippen LogP contribution in [-0.4, -0.2) is 40.6 Å². The Bertz CT molecular complexity index is 1250. The van der Waals surface area contributed by atoms with Crippen molar-refractivity contribution in [3.05, 3.63) is 69.9 Å². The van der Waals surface area contributed by atoms with E-state index in [2.05, 4.69) is 32.3 Å². The molecule has 9 nitrogen and oxygen atoms in total. The minimum atomic E-state index is -1.10. The molecule has 2 N–H and O–H groups in total. The molecule has 0 saturated heterocycles. The summed E-state index contributed by atoms with van der Waals surface area (Å²) in [5.41, 5.74) is 2.94. The normalized spacial score (nSPS) is 15.9. The van der Waals surface area contributed by atoms with Crippen molar-refractivity contribution in [1.29, 1.82) is 0 Å². The standard InChI is InChI=1S/C18H14N6O3/c25-16-15-13(21-18(22-16)23-9-11(7-19-23)17(26)27)8-20-24(15)14-6-5-10-3-1-2-4-12(10)14/h1-4,7-9,14H,5-6H2,(H,26,27)(H,21,22,25)/t14-/m0/s1. The summed E-state index contributed by atoms with van der Waals surface area (Å²) in [6.45, 7) is 0. The van der Waals surface area contributed by atoms with E-state index in [0.29, 0.717) is 11.0 Å². The summed E-state index contributed by atoms with van der Waals surface area (Å²) in [6.07, 6.45) is 5.86. The van der Waals surface area contributed by atoms with Crippen LogP contribution in [0.4, 0.5) is 0 Å². The second-order valence-corrected chi connectivity index (χ2v) is 6.44. The molecular weight excluding hydrogens is 348 g/mol. The number of carbonyl (C=O) groups is 1. The van der Waals surface area contributed by atoms with Crippen LogP contribution in [0.25, 0.3) is 17.0 Å². The zero-order valence-corrected chi connectivity index (χ0v) is 14.0. The van der Waals surface area contributed by atoms with Gasteiger partial charge in [-0.05, 0) is 24.0 Å². The van der Waals surface area contributed by atoms with Crippen molar-refractivity contribution < 1.29 is 9.90 Å². The van der Waals surface area contributed by atoms with E-state index in [0.717, 1.165) is 12.8 Å². The summed E-state index contributed by atoms with van der Waals surface area (Å²) in [4.78, 5) is 30.8. The van der Waals surface area contributed by atoms with Gasteiger partial charge in [0.15, 0.2) is 5.52 Å². The van der Waals surface area contributed by atoms with E-state index in [9.17, 15) is 9.59 Å². The molecule has 1 atom stereocenters. The lowest BCUT2D eigenvalue weighted by Gasteiger charge is -2.13. The molecule has 9 heteroatoms. The first kappa shape index (κ1) is 15.5. The summed E-state index contributed by atoms with van der Waals surface area (Å²) in [5, 5.41) is 17.4. The molecular formula is C18H14N6O3. The van der Waals surface area contributed by atoms with Crippen molar-refractivity contribution in [3.8, 4) is 5.95 Å². The molecule has 5 rings (SSSR count). The highest BCUT2D eigenvalue weighted by atomic mass is 16.4. The van der Waals surface area contributed by atoms with Crippen molar-refractivity contribution in [1.82, 2.24) is 29.5 Å². The molecule has 0 radical (unpaired) electrons. The lowest BCUT2D eigenvalue weighted by atomic mass is 10.1. The predicted octanol–water partition coefficient (Wildman–Crippen LogP) is 1.54. The van der Waals surface area contributed by atoms with E-state index in [1.54, 1.807) is 10.9 Å². The Labute approximate surface area is 151 Å². The number of aromatic nitrogens is 6. The van der Waals surface area contributed by atoms with Crippen LogP contribution in [0.3, 0.4) is 0 Å². The van der Waals surface area contributed by atoms with Crippen LogP contribution < -0.4 is 5.56 Å². The van der Waals surface area contributed by atoms with Crippen LogP contribution in [0.15, 0.2) is 47.7 Å². The fourth-order valence-electron chi connectivity index (χ4n) is 3.64. The van der Waals surface area contributed by atoms with E-state index in [-0.39, 0.29) is 23.1 Å². The summed E-state index contributed by atoms with van der Waals surface area (Å²) in [6, 6.07) is 8.16. The minimum absolute atomic E-state index is 0.00392. The number of benzene rings is 1. The number of hydrogen-bond donors (Lipinski definition) is 2. The lowest BCUT2D eigenvalue weighted by Crippen LogP contribution is -2.19. The van der Waals surface area contributed by atoms with Crippen LogP contribution in [0.5, 0.6) is 0 Å². The van der Waals surface area contributed by atoms with Gasteiger partial charge in [0.2, 0.25) is 5.95 Å². The van der Waals surface area contributed by atoms with Gasteiger partial charge in [0.25, 0.3) is 5.56 Å². The molecule has 0 bridgehead atoms. The smallest absolute Gasteiger partial charge is 0.338 e. The first-order chi connectivity index (χ1) is 13.1. The van der Waals surface area contributed by atoms with E-state index in [1.165, 1.54) is 28.2 Å². The van der Waals surface area contributed by atoms with Crippen molar-refractivity contribution in [3.63, 3.8) is 0 Å². The summed E-state index contributed by atoms with van der Waals surface area (Å²) in [7, 11) is 0. The van der Waals surface area contributed by atoms with Crippen molar-refractivity contribution in [2.24, 2.45) is 0 Å². The Morgan fingerprint density at radius 3 is 2.89 bits per heavy atom. The van der Waals surface area contributed by atoms with Crippen molar-refractivity contribution in [2.75, 3.05) is 0 Å². The number of H-pyrrole nitrogens is 1. The van der Waals surface area contributed by atoms with Gasteiger partial charge in [0, 0.05) is 6.20 Å². The molecule has 1 aromatic carbocycles. The molecule has 0 fully saturated rings. The fraction of sp³-hybridized carbons (Fsp3) is 0.167. The maximum Gasteiger partial charge on any atom is 0.338 e. The zero-order valence-electron chi connectivity index (χ0n) is 14.0. The maximum absolute atomic E-state index is 12.8. The average Bonchev–Trinajstić information content (AvgIpc) is 3.38. The highest BCUT2D eigenvalue weighted by Gasteiger charge is 2.26. The molecule has 0 unspecified atom stereocenters. The van der Waals surface area contributed by atoms with E-state index >= 15 is 0 Å². The van der Waals surface area contributed by atoms with Crippen LogP contribution in [0, 0.1) is 0 Å². The zero-order chi connectivity index (χ0) is 18.5. The second kappa shape index (κ2) is 5.63. The van der Waals surface area contributed by atoms with Gasteiger partial charge in [0.05, 0.1) is 24.0 Å². The van der Waals surface area contributed by atoms with E-state index in [1.807, 2.05) is 12.1 Å². The molecule has 1 aliphatic rings. The van der Waals surface area contributed by atoms with Crippen LogP contribution in [0.1, 0.15) is 33.9 Å². The minimum Gasteiger partial charge on any atom is -0.478 e. The Balaban J connectivity index is 1.62. The number of aromatic carboxylic acids is 1. The predicted molar refractivity (Wildman–Crippen MR) is 95.1 cm³/mol. The molecule has 0 saturated carbocycles. The molecule has 3 aromatic heterocycles. The van der Waals surface area contributed by atoms with E-state index in [4.69, 9.17) is 5.11 Å². The third-order valence-electron chi connectivity index (χ3n) is 4.89. The first-order valence-electron chi connectivity index (χ1n) is 8.45. The van der Waals surface area contributed by atoms with Gasteiger partial charge in [-0.15, -0.1) is 0 Å². The Morgan fingerprint density at radius 2 is 2.07 bits per heavy atom. The maximum atomic E-state index is 12.8. The number of hydrogen-bond acceptors (Lipinski definition) is 5. The van der Waals surface area contributed by atoms with Gasteiger partial charge >= 0.3 is 5.97 Å². The number of carboxylic acids is 1. The van der Waals surface area contributed by atoms with Crippen LogP contribution >= 0.6 is 0 Å². The third-order valence-corrected chi connectivity index (χ3v) is 4.89. The molecule has 134 valence electrons. The highest BCUT2D eigenvalue weighted by Crippen LogP contribution is 2.34. The fourth-order valence-corrected chi connectivity index (χ4v) is 3.64. The SMILES string of the molecule is O=C(O)c1cnn(-c2nc3cnn([C@H]4CCc5ccccc54)c3c(=O)[nH]2)c1. The number of nitrogens with one attached hydrogen (secondary N) is 1. The third kappa shape index (κ3) is 2.35. The Hall–Kier alpha value is -3.75. The number of nitrogens with zero attached hydrogens (tertiary/aromatic N) is 5. The number of aryl methyl sites for hydroxylation is 1. The molecule has 3 heterocycles. The number of rotatable bonds is 3. The Kier molecular flexibility index (Phi) is 3.23. The van der Waals surface area contributed by atoms with E-state index < -0.39 is 5.97 Å². The molecule has 0 aliphatic heterocycles.